The number of hydrogen-bond donors (Lipinski definition) is 2. The van der Waals surface area contributed by atoms with E-state index < -0.39 is 24.1 Å². The van der Waals surface area contributed by atoms with Crippen LogP contribution in [-0.4, -0.2) is 23.3 Å². The van der Waals surface area contributed by atoms with Gasteiger partial charge in [0.2, 0.25) is 0 Å². The van der Waals surface area contributed by atoms with Gasteiger partial charge in [-0.25, -0.2) is 0 Å². The predicted molar refractivity (Wildman–Crippen MR) is 35.4 cm³/mol. The fraction of sp³-hybridized carbons (Fsp3) is 0.833. The van der Waals surface area contributed by atoms with E-state index in [9.17, 15) is 18.0 Å². The second-order valence-corrected chi connectivity index (χ2v) is 2.42. The van der Waals surface area contributed by atoms with Gasteiger partial charge in [0.25, 0.3) is 0 Å². The molecule has 3 N–H and O–H groups in total. The predicted octanol–water partition coefficient (Wildman–Crippen LogP) is 0.987. The maximum Gasteiger partial charge on any atom is 0.404 e. The van der Waals surface area contributed by atoms with Gasteiger partial charge in [-0.05, 0) is 6.42 Å². The number of halogens is 3. The smallest absolute Gasteiger partial charge is 0.404 e. The first kappa shape index (κ1) is 11.2. The van der Waals surface area contributed by atoms with Crippen molar-refractivity contribution in [2.45, 2.75) is 25.6 Å². The Morgan fingerprint density at radius 1 is 1.58 bits per heavy atom. The molecule has 0 saturated carbocycles. The molecule has 2 atom stereocenters. The molecule has 0 aromatic rings. The van der Waals surface area contributed by atoms with Gasteiger partial charge >= 0.3 is 12.1 Å². The zero-order chi connectivity index (χ0) is 9.94. The SMILES string of the molecule is CCC(C(=O)O)[C@@H](N)C(F)(F)F. The van der Waals surface area contributed by atoms with Crippen LogP contribution in [0.3, 0.4) is 0 Å². The van der Waals surface area contributed by atoms with Crippen molar-refractivity contribution in [2.75, 3.05) is 0 Å². The highest BCUT2D eigenvalue weighted by atomic mass is 19.4. The third-order valence-electron chi connectivity index (χ3n) is 1.57. The first-order chi connectivity index (χ1) is 5.30. The van der Waals surface area contributed by atoms with Gasteiger partial charge in [0.15, 0.2) is 0 Å². The third kappa shape index (κ3) is 2.69. The number of carboxylic acids is 1. The van der Waals surface area contributed by atoms with Crippen molar-refractivity contribution in [1.82, 2.24) is 0 Å². The quantitative estimate of drug-likeness (QED) is 0.689. The standard InChI is InChI=1S/C6H10F3NO2/c1-2-3(5(11)12)4(10)6(7,8)9/h3-4H,2,10H2,1H3,(H,11,12)/t3?,4-/m1/s1. The number of alkyl halides is 3. The molecule has 1 unspecified atom stereocenters. The van der Waals surface area contributed by atoms with Gasteiger partial charge in [-0.15, -0.1) is 0 Å². The zero-order valence-electron chi connectivity index (χ0n) is 6.43. The van der Waals surface area contributed by atoms with Crippen LogP contribution in [0.1, 0.15) is 13.3 Å². The Labute approximate surface area is 67.4 Å². The van der Waals surface area contributed by atoms with E-state index in [1.54, 1.807) is 0 Å². The van der Waals surface area contributed by atoms with Crippen LogP contribution in [0.4, 0.5) is 13.2 Å². The maximum atomic E-state index is 11.9. The molecule has 0 rings (SSSR count). The van der Waals surface area contributed by atoms with Gasteiger partial charge in [-0.1, -0.05) is 6.92 Å². The summed E-state index contributed by atoms with van der Waals surface area (Å²) in [5.41, 5.74) is 4.70. The Balaban J connectivity index is 4.42. The lowest BCUT2D eigenvalue weighted by Crippen LogP contribution is -2.46. The highest BCUT2D eigenvalue weighted by Crippen LogP contribution is 2.25. The normalized spacial score (nSPS) is 17.1. The molecule has 0 radical (unpaired) electrons. The van der Waals surface area contributed by atoms with E-state index in [4.69, 9.17) is 10.8 Å². The number of carboxylic acid groups (broad SMARTS) is 1. The third-order valence-corrected chi connectivity index (χ3v) is 1.57. The first-order valence-electron chi connectivity index (χ1n) is 3.35. The molecule has 0 aliphatic carbocycles. The van der Waals surface area contributed by atoms with Crippen LogP contribution in [0.2, 0.25) is 0 Å². The van der Waals surface area contributed by atoms with E-state index in [1.807, 2.05) is 0 Å². The molecule has 6 heteroatoms. The second-order valence-electron chi connectivity index (χ2n) is 2.42. The minimum absolute atomic E-state index is 0.129. The molecule has 0 heterocycles. The van der Waals surface area contributed by atoms with E-state index in [1.165, 1.54) is 6.92 Å². The number of hydrogen-bond acceptors (Lipinski definition) is 2. The van der Waals surface area contributed by atoms with E-state index in [2.05, 4.69) is 0 Å². The lowest BCUT2D eigenvalue weighted by atomic mass is 9.97. The lowest BCUT2D eigenvalue weighted by molar-refractivity contribution is -0.173. The minimum atomic E-state index is -4.64. The number of carbonyl (C=O) groups is 1. The van der Waals surface area contributed by atoms with Crippen molar-refractivity contribution in [3.8, 4) is 0 Å². The van der Waals surface area contributed by atoms with Crippen LogP contribution in [0.25, 0.3) is 0 Å². The summed E-state index contributed by atoms with van der Waals surface area (Å²) in [6.45, 7) is 1.35. The molecule has 0 aliphatic rings. The van der Waals surface area contributed by atoms with Crippen molar-refractivity contribution < 1.29 is 23.1 Å². The molecular formula is C6H10F3NO2. The van der Waals surface area contributed by atoms with Gasteiger partial charge in [-0.3, -0.25) is 4.79 Å². The Kier molecular flexibility index (Phi) is 3.51. The van der Waals surface area contributed by atoms with Gasteiger partial charge in [-0.2, -0.15) is 13.2 Å². The summed E-state index contributed by atoms with van der Waals surface area (Å²) in [5.74, 6) is -3.06. The van der Waals surface area contributed by atoms with Gasteiger partial charge in [0.1, 0.15) is 6.04 Å². The van der Waals surface area contributed by atoms with Crippen molar-refractivity contribution in [3.63, 3.8) is 0 Å². The summed E-state index contributed by atoms with van der Waals surface area (Å²) in [6.07, 6.45) is -4.77. The van der Waals surface area contributed by atoms with Crippen LogP contribution in [0.5, 0.6) is 0 Å². The molecule has 12 heavy (non-hydrogen) atoms. The van der Waals surface area contributed by atoms with Crippen molar-refractivity contribution in [2.24, 2.45) is 11.7 Å². The number of rotatable bonds is 3. The Hall–Kier alpha value is -0.780. The monoisotopic (exact) mass is 185 g/mol. The summed E-state index contributed by atoms with van der Waals surface area (Å²) in [5, 5.41) is 8.33. The summed E-state index contributed by atoms with van der Waals surface area (Å²) < 4.78 is 35.6. The van der Waals surface area contributed by atoms with Gasteiger partial charge in [0, 0.05) is 0 Å². The highest BCUT2D eigenvalue weighted by molar-refractivity contribution is 5.70. The van der Waals surface area contributed by atoms with Crippen molar-refractivity contribution in [1.29, 1.82) is 0 Å². The van der Waals surface area contributed by atoms with Gasteiger partial charge in [0.05, 0.1) is 5.92 Å². The van der Waals surface area contributed by atoms with Crippen LogP contribution in [-0.2, 0) is 4.79 Å². The van der Waals surface area contributed by atoms with E-state index in [0.717, 1.165) is 0 Å². The minimum Gasteiger partial charge on any atom is -0.481 e. The Morgan fingerprint density at radius 2 is 2.00 bits per heavy atom. The Bertz CT molecular complexity index is 169. The second kappa shape index (κ2) is 3.75. The topological polar surface area (TPSA) is 63.3 Å². The number of nitrogens with two attached hydrogens (primary N) is 1. The summed E-state index contributed by atoms with van der Waals surface area (Å²) in [4.78, 5) is 10.2. The lowest BCUT2D eigenvalue weighted by Gasteiger charge is -2.20. The van der Waals surface area contributed by atoms with E-state index in [-0.39, 0.29) is 6.42 Å². The van der Waals surface area contributed by atoms with E-state index in [0.29, 0.717) is 0 Å². The zero-order valence-corrected chi connectivity index (χ0v) is 6.43. The fourth-order valence-corrected chi connectivity index (χ4v) is 0.810. The average Bonchev–Trinajstić information content (AvgIpc) is 1.86. The van der Waals surface area contributed by atoms with Crippen LogP contribution >= 0.6 is 0 Å². The molecule has 72 valence electrons. The van der Waals surface area contributed by atoms with Crippen LogP contribution < -0.4 is 5.73 Å². The molecule has 0 saturated heterocycles. The summed E-state index contributed by atoms with van der Waals surface area (Å²) in [7, 11) is 0. The largest absolute Gasteiger partial charge is 0.481 e. The van der Waals surface area contributed by atoms with Crippen molar-refractivity contribution in [3.05, 3.63) is 0 Å². The average molecular weight is 185 g/mol. The molecule has 0 aromatic carbocycles. The molecule has 0 aromatic heterocycles. The maximum absolute atomic E-state index is 11.9. The summed E-state index contributed by atoms with van der Waals surface area (Å²) >= 11 is 0. The number of aliphatic carboxylic acids is 1. The molecule has 0 spiro atoms. The van der Waals surface area contributed by atoms with Crippen LogP contribution in [0, 0.1) is 5.92 Å². The molecular weight excluding hydrogens is 175 g/mol. The fourth-order valence-electron chi connectivity index (χ4n) is 0.810. The summed E-state index contributed by atoms with van der Waals surface area (Å²) in [6, 6.07) is -2.28. The molecule has 0 fully saturated rings. The van der Waals surface area contributed by atoms with Gasteiger partial charge < -0.3 is 10.8 Å². The van der Waals surface area contributed by atoms with Crippen LogP contribution in [0.15, 0.2) is 0 Å². The molecule has 0 amide bonds. The molecule has 0 bridgehead atoms. The Morgan fingerprint density at radius 3 is 2.08 bits per heavy atom. The first-order valence-corrected chi connectivity index (χ1v) is 3.35. The molecule has 3 nitrogen and oxygen atoms in total. The van der Waals surface area contributed by atoms with E-state index >= 15 is 0 Å². The molecule has 0 aliphatic heterocycles. The van der Waals surface area contributed by atoms with Crippen molar-refractivity contribution >= 4 is 5.97 Å². The highest BCUT2D eigenvalue weighted by Gasteiger charge is 2.44.